The maximum Gasteiger partial charge on any atom is 0.259 e. The van der Waals surface area contributed by atoms with Crippen LogP contribution in [-0.4, -0.2) is 16.1 Å². The van der Waals surface area contributed by atoms with Crippen LogP contribution in [0.4, 0.5) is 14.5 Å². The molecule has 1 amide bonds. The molecule has 2 rings (SSSR count). The molecule has 98 valence electrons. The van der Waals surface area contributed by atoms with Gasteiger partial charge in [-0.2, -0.15) is 0 Å². The van der Waals surface area contributed by atoms with E-state index in [4.69, 9.17) is 5.11 Å². The number of hydrogen-bond donors (Lipinski definition) is 3. The van der Waals surface area contributed by atoms with Crippen LogP contribution in [0.1, 0.15) is 10.4 Å². The molecule has 0 aliphatic carbocycles. The molecule has 6 heteroatoms. The first kappa shape index (κ1) is 12.8. The van der Waals surface area contributed by atoms with E-state index in [2.05, 4.69) is 5.32 Å². The van der Waals surface area contributed by atoms with E-state index in [-0.39, 0.29) is 17.0 Å². The molecule has 0 fully saturated rings. The molecule has 0 aliphatic rings. The summed E-state index contributed by atoms with van der Waals surface area (Å²) in [6.07, 6.45) is 0. The predicted molar refractivity (Wildman–Crippen MR) is 64.1 cm³/mol. The third-order valence-electron chi connectivity index (χ3n) is 2.40. The standard InChI is InChI=1S/C13H9F2NO3/c14-7-1-4-12(18)9(5-7)13(19)16-11-3-2-8(17)6-10(11)15/h1-6,17-18H,(H,16,19). The highest BCUT2D eigenvalue weighted by Crippen LogP contribution is 2.23. The first-order chi connectivity index (χ1) is 8.97. The fourth-order valence-electron chi connectivity index (χ4n) is 1.49. The smallest absolute Gasteiger partial charge is 0.259 e. The van der Waals surface area contributed by atoms with E-state index in [1.165, 1.54) is 6.07 Å². The predicted octanol–water partition coefficient (Wildman–Crippen LogP) is 2.63. The molecular weight excluding hydrogens is 256 g/mol. The van der Waals surface area contributed by atoms with Crippen molar-refractivity contribution in [1.29, 1.82) is 0 Å². The second-order valence-corrected chi connectivity index (χ2v) is 3.78. The molecule has 2 aromatic rings. The lowest BCUT2D eigenvalue weighted by molar-refractivity contribution is 0.102. The summed E-state index contributed by atoms with van der Waals surface area (Å²) in [7, 11) is 0. The number of amides is 1. The minimum Gasteiger partial charge on any atom is -0.508 e. The molecule has 0 radical (unpaired) electrons. The number of benzene rings is 2. The average Bonchev–Trinajstić information content (AvgIpc) is 2.35. The minimum atomic E-state index is -0.860. The van der Waals surface area contributed by atoms with Crippen molar-refractivity contribution in [2.24, 2.45) is 0 Å². The second-order valence-electron chi connectivity index (χ2n) is 3.78. The van der Waals surface area contributed by atoms with Gasteiger partial charge in [-0.3, -0.25) is 4.79 Å². The van der Waals surface area contributed by atoms with Gasteiger partial charge in [0.25, 0.3) is 5.91 Å². The van der Waals surface area contributed by atoms with Gasteiger partial charge >= 0.3 is 0 Å². The lowest BCUT2D eigenvalue weighted by Gasteiger charge is -2.08. The number of phenolic OH excluding ortho intramolecular Hbond substituents is 2. The van der Waals surface area contributed by atoms with Crippen molar-refractivity contribution in [3.63, 3.8) is 0 Å². The normalized spacial score (nSPS) is 10.2. The Bertz CT molecular complexity index is 644. The van der Waals surface area contributed by atoms with Gasteiger partial charge in [0.05, 0.1) is 11.3 Å². The number of hydrogen-bond acceptors (Lipinski definition) is 3. The van der Waals surface area contributed by atoms with E-state index < -0.39 is 23.3 Å². The van der Waals surface area contributed by atoms with Gasteiger partial charge in [0, 0.05) is 6.07 Å². The van der Waals surface area contributed by atoms with E-state index in [0.29, 0.717) is 0 Å². The van der Waals surface area contributed by atoms with Crippen LogP contribution in [0.25, 0.3) is 0 Å². The van der Waals surface area contributed by atoms with Crippen LogP contribution >= 0.6 is 0 Å². The molecule has 0 heterocycles. The largest absolute Gasteiger partial charge is 0.508 e. The van der Waals surface area contributed by atoms with E-state index in [1.807, 2.05) is 0 Å². The Kier molecular flexibility index (Phi) is 3.33. The summed E-state index contributed by atoms with van der Waals surface area (Å²) in [6.45, 7) is 0. The zero-order valence-electron chi connectivity index (χ0n) is 9.52. The van der Waals surface area contributed by atoms with Gasteiger partial charge in [0.15, 0.2) is 0 Å². The molecular formula is C13H9F2NO3. The van der Waals surface area contributed by atoms with Crippen molar-refractivity contribution in [2.45, 2.75) is 0 Å². The maximum absolute atomic E-state index is 13.4. The lowest BCUT2D eigenvalue weighted by Crippen LogP contribution is -2.13. The number of aromatic hydroxyl groups is 2. The summed E-state index contributed by atoms with van der Waals surface area (Å²) in [5.74, 6) is -3.11. The molecule has 19 heavy (non-hydrogen) atoms. The number of nitrogens with one attached hydrogen (secondary N) is 1. The van der Waals surface area contributed by atoms with Crippen molar-refractivity contribution < 1.29 is 23.8 Å². The van der Waals surface area contributed by atoms with Gasteiger partial charge in [0.2, 0.25) is 0 Å². The number of carbonyl (C=O) groups excluding carboxylic acids is 1. The van der Waals surface area contributed by atoms with E-state index >= 15 is 0 Å². The van der Waals surface area contributed by atoms with Crippen LogP contribution < -0.4 is 5.32 Å². The highest BCUT2D eigenvalue weighted by molar-refractivity contribution is 6.06. The minimum absolute atomic E-state index is 0.188. The van der Waals surface area contributed by atoms with Crippen LogP contribution in [-0.2, 0) is 0 Å². The Morgan fingerprint density at radius 2 is 1.79 bits per heavy atom. The molecule has 0 spiro atoms. The fourth-order valence-corrected chi connectivity index (χ4v) is 1.49. The number of rotatable bonds is 2. The molecule has 4 nitrogen and oxygen atoms in total. The first-order valence-corrected chi connectivity index (χ1v) is 5.26. The molecule has 0 saturated heterocycles. The summed E-state index contributed by atoms with van der Waals surface area (Å²) in [4.78, 5) is 11.8. The second kappa shape index (κ2) is 4.93. The molecule has 0 saturated carbocycles. The quantitative estimate of drug-likeness (QED) is 0.731. The number of halogens is 2. The third kappa shape index (κ3) is 2.79. The third-order valence-corrected chi connectivity index (χ3v) is 2.40. The topological polar surface area (TPSA) is 69.6 Å². The van der Waals surface area contributed by atoms with Gasteiger partial charge in [-0.05, 0) is 30.3 Å². The summed E-state index contributed by atoms with van der Waals surface area (Å²) < 4.78 is 26.4. The van der Waals surface area contributed by atoms with Crippen LogP contribution in [0, 0.1) is 11.6 Å². The highest BCUT2D eigenvalue weighted by atomic mass is 19.1. The van der Waals surface area contributed by atoms with Crippen LogP contribution in [0.3, 0.4) is 0 Å². The summed E-state index contributed by atoms with van der Waals surface area (Å²) in [5.41, 5.74) is -0.501. The SMILES string of the molecule is O=C(Nc1ccc(O)cc1F)c1cc(F)ccc1O. The highest BCUT2D eigenvalue weighted by Gasteiger charge is 2.14. The molecule has 2 aromatic carbocycles. The number of anilines is 1. The average molecular weight is 265 g/mol. The van der Waals surface area contributed by atoms with Crippen LogP contribution in [0.5, 0.6) is 11.5 Å². The molecule has 0 aromatic heterocycles. The van der Waals surface area contributed by atoms with Crippen molar-refractivity contribution >= 4 is 11.6 Å². The molecule has 0 unspecified atom stereocenters. The van der Waals surface area contributed by atoms with Crippen molar-refractivity contribution in [2.75, 3.05) is 5.32 Å². The Morgan fingerprint density at radius 1 is 1.05 bits per heavy atom. The van der Waals surface area contributed by atoms with Gasteiger partial charge in [-0.25, -0.2) is 8.78 Å². The fraction of sp³-hybridized carbons (Fsp3) is 0. The number of carbonyl (C=O) groups is 1. The zero-order chi connectivity index (χ0) is 14.0. The molecule has 3 N–H and O–H groups in total. The monoisotopic (exact) mass is 265 g/mol. The van der Waals surface area contributed by atoms with Crippen molar-refractivity contribution in [1.82, 2.24) is 0 Å². The van der Waals surface area contributed by atoms with Gasteiger partial charge < -0.3 is 15.5 Å². The van der Waals surface area contributed by atoms with E-state index in [9.17, 15) is 18.7 Å². The Labute approximate surface area is 106 Å². The molecule has 0 aliphatic heterocycles. The van der Waals surface area contributed by atoms with Gasteiger partial charge in [0.1, 0.15) is 23.1 Å². The summed E-state index contributed by atoms with van der Waals surface area (Å²) in [5, 5.41) is 20.6. The van der Waals surface area contributed by atoms with Crippen molar-refractivity contribution in [3.05, 3.63) is 53.6 Å². The molecule has 0 atom stereocenters. The molecule has 0 bridgehead atoms. The van der Waals surface area contributed by atoms with Gasteiger partial charge in [-0.1, -0.05) is 0 Å². The Balaban J connectivity index is 2.28. The maximum atomic E-state index is 13.4. The van der Waals surface area contributed by atoms with Crippen LogP contribution in [0.15, 0.2) is 36.4 Å². The Morgan fingerprint density at radius 3 is 2.47 bits per heavy atom. The summed E-state index contributed by atoms with van der Waals surface area (Å²) >= 11 is 0. The first-order valence-electron chi connectivity index (χ1n) is 5.26. The zero-order valence-corrected chi connectivity index (χ0v) is 9.52. The van der Waals surface area contributed by atoms with Crippen molar-refractivity contribution in [3.8, 4) is 11.5 Å². The van der Waals surface area contributed by atoms with Crippen LogP contribution in [0.2, 0.25) is 0 Å². The van der Waals surface area contributed by atoms with Gasteiger partial charge in [-0.15, -0.1) is 0 Å². The Hall–Kier alpha value is -2.63. The summed E-state index contributed by atoms with van der Waals surface area (Å²) in [6, 6.07) is 6.01. The number of phenols is 2. The lowest BCUT2D eigenvalue weighted by atomic mass is 10.1. The van der Waals surface area contributed by atoms with E-state index in [0.717, 1.165) is 30.3 Å². The van der Waals surface area contributed by atoms with E-state index in [1.54, 1.807) is 0 Å².